The van der Waals surface area contributed by atoms with Crippen molar-refractivity contribution >= 4 is 33.2 Å². The van der Waals surface area contributed by atoms with Crippen LogP contribution in [0.4, 0.5) is 0 Å². The standard InChI is InChI=1S/C15H15ClO2S2/c1-11-3-7-13(8-4-11)19(17)15(16)20(18)14-9-5-12(2)6-10-14/h3-10,15H,1-2H3. The number of halogens is 1. The van der Waals surface area contributed by atoms with Crippen molar-refractivity contribution in [3.05, 3.63) is 59.7 Å². The van der Waals surface area contributed by atoms with Gasteiger partial charge in [0, 0.05) is 9.79 Å². The van der Waals surface area contributed by atoms with Crippen molar-refractivity contribution in [1.82, 2.24) is 0 Å². The second kappa shape index (κ2) is 6.66. The smallest absolute Gasteiger partial charge is 0.192 e. The van der Waals surface area contributed by atoms with Crippen LogP contribution in [0.25, 0.3) is 0 Å². The summed E-state index contributed by atoms with van der Waals surface area (Å²) in [5.74, 6) is 0. The molecule has 0 aromatic heterocycles. The Kier molecular flexibility index (Phi) is 5.13. The molecule has 2 atom stereocenters. The van der Waals surface area contributed by atoms with Crippen LogP contribution in [0.2, 0.25) is 0 Å². The first-order valence-electron chi connectivity index (χ1n) is 6.07. The topological polar surface area (TPSA) is 34.1 Å². The summed E-state index contributed by atoms with van der Waals surface area (Å²) in [5, 5.41) is 0. The van der Waals surface area contributed by atoms with Crippen LogP contribution >= 0.6 is 11.6 Å². The third-order valence-electron chi connectivity index (χ3n) is 2.84. The van der Waals surface area contributed by atoms with Crippen molar-refractivity contribution in [2.75, 3.05) is 0 Å². The fourth-order valence-electron chi connectivity index (χ4n) is 1.64. The van der Waals surface area contributed by atoms with Crippen LogP contribution < -0.4 is 0 Å². The third kappa shape index (κ3) is 3.57. The Balaban J connectivity index is 2.20. The van der Waals surface area contributed by atoms with Gasteiger partial charge in [0.25, 0.3) is 0 Å². The molecular formula is C15H15ClO2S2. The maximum Gasteiger partial charge on any atom is 0.192 e. The summed E-state index contributed by atoms with van der Waals surface area (Å²) in [6, 6.07) is 14.5. The SMILES string of the molecule is Cc1ccc(S(=O)C(Cl)S(=O)c2ccc(C)cc2)cc1. The monoisotopic (exact) mass is 326 g/mol. The molecule has 0 bridgehead atoms. The minimum Gasteiger partial charge on any atom is -0.252 e. The lowest BCUT2D eigenvalue weighted by molar-refractivity contribution is 0.677. The molecular weight excluding hydrogens is 312 g/mol. The van der Waals surface area contributed by atoms with E-state index in [0.29, 0.717) is 9.79 Å². The maximum absolute atomic E-state index is 12.3. The van der Waals surface area contributed by atoms with E-state index in [-0.39, 0.29) is 0 Å². The van der Waals surface area contributed by atoms with Crippen LogP contribution in [0.1, 0.15) is 11.1 Å². The summed E-state index contributed by atoms with van der Waals surface area (Å²) in [7, 11) is -3.01. The lowest BCUT2D eigenvalue weighted by Crippen LogP contribution is -2.15. The molecule has 20 heavy (non-hydrogen) atoms. The number of alkyl halides is 1. The average Bonchev–Trinajstić information content (AvgIpc) is 2.46. The average molecular weight is 327 g/mol. The predicted octanol–water partition coefficient (Wildman–Crippen LogP) is 3.74. The molecule has 0 spiro atoms. The van der Waals surface area contributed by atoms with Crippen LogP contribution in [-0.4, -0.2) is 12.5 Å². The van der Waals surface area contributed by atoms with Gasteiger partial charge in [-0.1, -0.05) is 47.0 Å². The molecule has 0 amide bonds. The number of hydrogen-bond acceptors (Lipinski definition) is 2. The predicted molar refractivity (Wildman–Crippen MR) is 84.8 cm³/mol. The molecule has 0 radical (unpaired) electrons. The molecule has 2 aromatic rings. The van der Waals surface area contributed by atoms with Crippen LogP contribution in [0.15, 0.2) is 58.3 Å². The molecule has 0 N–H and O–H groups in total. The van der Waals surface area contributed by atoms with Crippen LogP contribution in [-0.2, 0) is 21.6 Å². The Hall–Kier alpha value is -0.970. The number of benzene rings is 2. The molecule has 2 aromatic carbocycles. The van der Waals surface area contributed by atoms with Gasteiger partial charge < -0.3 is 0 Å². The van der Waals surface area contributed by atoms with Gasteiger partial charge in [0.15, 0.2) is 4.04 Å². The zero-order chi connectivity index (χ0) is 14.7. The number of hydrogen-bond donors (Lipinski definition) is 0. The molecule has 106 valence electrons. The molecule has 0 heterocycles. The minimum absolute atomic E-state index is 0.594. The molecule has 0 aliphatic rings. The first-order valence-corrected chi connectivity index (χ1v) is 8.94. The first kappa shape index (κ1) is 15.4. The summed E-state index contributed by atoms with van der Waals surface area (Å²) in [6.07, 6.45) is 0. The lowest BCUT2D eigenvalue weighted by Gasteiger charge is -2.10. The highest BCUT2D eigenvalue weighted by Crippen LogP contribution is 2.22. The molecule has 5 heteroatoms. The van der Waals surface area contributed by atoms with Gasteiger partial charge >= 0.3 is 0 Å². The molecule has 0 saturated heterocycles. The van der Waals surface area contributed by atoms with E-state index in [2.05, 4.69) is 0 Å². The summed E-state index contributed by atoms with van der Waals surface area (Å²) >= 11 is 6.13. The van der Waals surface area contributed by atoms with Gasteiger partial charge in [0.1, 0.15) is 0 Å². The second-order valence-corrected chi connectivity index (χ2v) is 8.82. The normalized spacial score (nSPS) is 15.6. The van der Waals surface area contributed by atoms with Gasteiger partial charge in [0.05, 0.1) is 21.6 Å². The van der Waals surface area contributed by atoms with Crippen molar-refractivity contribution in [3.8, 4) is 0 Å². The van der Waals surface area contributed by atoms with E-state index in [4.69, 9.17) is 11.6 Å². The maximum atomic E-state index is 12.3. The summed E-state index contributed by atoms with van der Waals surface area (Å²) in [6.45, 7) is 3.91. The van der Waals surface area contributed by atoms with Crippen molar-refractivity contribution in [3.63, 3.8) is 0 Å². The third-order valence-corrected chi connectivity index (χ3v) is 7.01. The van der Waals surface area contributed by atoms with Gasteiger partial charge in [-0.2, -0.15) is 0 Å². The van der Waals surface area contributed by atoms with E-state index < -0.39 is 25.6 Å². The first-order chi connectivity index (χ1) is 9.49. The largest absolute Gasteiger partial charge is 0.252 e. The molecule has 2 rings (SSSR count). The van der Waals surface area contributed by atoms with Crippen molar-refractivity contribution in [2.24, 2.45) is 0 Å². The zero-order valence-electron chi connectivity index (χ0n) is 11.2. The Morgan fingerprint density at radius 3 is 1.35 bits per heavy atom. The van der Waals surface area contributed by atoms with E-state index in [0.717, 1.165) is 11.1 Å². The Labute approximate surface area is 129 Å². The van der Waals surface area contributed by atoms with E-state index in [1.165, 1.54) is 0 Å². The Morgan fingerprint density at radius 2 is 1.05 bits per heavy atom. The molecule has 0 aliphatic heterocycles. The highest BCUT2D eigenvalue weighted by Gasteiger charge is 2.23. The van der Waals surface area contributed by atoms with Crippen molar-refractivity contribution in [1.29, 1.82) is 0 Å². The summed E-state index contributed by atoms with van der Waals surface area (Å²) < 4.78 is 23.7. The molecule has 2 nitrogen and oxygen atoms in total. The summed E-state index contributed by atoms with van der Waals surface area (Å²) in [4.78, 5) is 1.19. The van der Waals surface area contributed by atoms with E-state index in [1.54, 1.807) is 24.3 Å². The lowest BCUT2D eigenvalue weighted by atomic mass is 10.2. The van der Waals surface area contributed by atoms with Gasteiger partial charge in [0.2, 0.25) is 0 Å². The van der Waals surface area contributed by atoms with E-state index in [9.17, 15) is 8.42 Å². The van der Waals surface area contributed by atoms with Crippen LogP contribution in [0.3, 0.4) is 0 Å². The van der Waals surface area contributed by atoms with Gasteiger partial charge in [-0.15, -0.1) is 0 Å². The quantitative estimate of drug-likeness (QED) is 0.802. The highest BCUT2D eigenvalue weighted by atomic mass is 35.5. The number of aryl methyl sites for hydroxylation is 2. The fraction of sp³-hybridized carbons (Fsp3) is 0.200. The fourth-order valence-corrected chi connectivity index (χ4v) is 4.79. The Bertz CT molecular complexity index is 578. The highest BCUT2D eigenvalue weighted by molar-refractivity contribution is 8.05. The van der Waals surface area contributed by atoms with Gasteiger partial charge in [-0.05, 0) is 38.1 Å². The van der Waals surface area contributed by atoms with E-state index >= 15 is 0 Å². The molecule has 0 aliphatic carbocycles. The zero-order valence-corrected chi connectivity index (χ0v) is 13.6. The van der Waals surface area contributed by atoms with Gasteiger partial charge in [-0.25, -0.2) is 0 Å². The van der Waals surface area contributed by atoms with Crippen LogP contribution in [0, 0.1) is 13.8 Å². The molecule has 2 unspecified atom stereocenters. The second-order valence-electron chi connectivity index (χ2n) is 4.50. The van der Waals surface area contributed by atoms with Crippen molar-refractivity contribution < 1.29 is 8.42 Å². The molecule has 0 saturated carbocycles. The Morgan fingerprint density at radius 1 is 0.750 bits per heavy atom. The minimum atomic E-state index is -1.51. The molecule has 0 fully saturated rings. The van der Waals surface area contributed by atoms with E-state index in [1.807, 2.05) is 38.1 Å². The number of rotatable bonds is 4. The van der Waals surface area contributed by atoms with Gasteiger partial charge in [-0.3, -0.25) is 8.42 Å². The van der Waals surface area contributed by atoms with Crippen LogP contribution in [0.5, 0.6) is 0 Å². The summed E-state index contributed by atoms with van der Waals surface area (Å²) in [5.41, 5.74) is 2.16. The van der Waals surface area contributed by atoms with Crippen molar-refractivity contribution in [2.45, 2.75) is 27.7 Å².